The summed E-state index contributed by atoms with van der Waals surface area (Å²) in [5.41, 5.74) is 2.48. The normalized spacial score (nSPS) is 11.0. The second kappa shape index (κ2) is 7.51. The Bertz CT molecular complexity index is 663. The zero-order chi connectivity index (χ0) is 16.9. The van der Waals surface area contributed by atoms with Gasteiger partial charge < -0.3 is 15.4 Å². The molecule has 0 aromatic heterocycles. The molecule has 0 aliphatic rings. The second-order valence-corrected chi connectivity index (χ2v) is 7.10. The van der Waals surface area contributed by atoms with Crippen molar-refractivity contribution in [3.05, 3.63) is 58.6 Å². The van der Waals surface area contributed by atoms with E-state index in [4.69, 9.17) is 4.74 Å². The Balaban J connectivity index is 1.94. The van der Waals surface area contributed by atoms with Crippen LogP contribution in [0.5, 0.6) is 0 Å². The SMILES string of the molecule is CC(C)(C)OC(=O)NCc1cccc(Nc2ccc(Br)cc2)c1. The standard InChI is InChI=1S/C18H21BrN2O2/c1-18(2,3)23-17(22)20-12-13-5-4-6-16(11-13)21-15-9-7-14(19)8-10-15/h4-11,21H,12H2,1-3H3,(H,20,22). The van der Waals surface area contributed by atoms with Gasteiger partial charge in [0.25, 0.3) is 0 Å². The maximum absolute atomic E-state index is 11.7. The van der Waals surface area contributed by atoms with E-state index in [1.807, 2.05) is 69.3 Å². The first kappa shape index (κ1) is 17.3. The number of benzene rings is 2. The van der Waals surface area contributed by atoms with E-state index in [1.165, 1.54) is 0 Å². The average Bonchev–Trinajstić information content (AvgIpc) is 2.46. The Kier molecular flexibility index (Phi) is 5.66. The zero-order valence-corrected chi connectivity index (χ0v) is 15.1. The van der Waals surface area contributed by atoms with E-state index < -0.39 is 11.7 Å². The number of alkyl carbamates (subject to hydrolysis) is 1. The third-order valence-electron chi connectivity index (χ3n) is 2.90. The molecule has 0 fully saturated rings. The highest BCUT2D eigenvalue weighted by atomic mass is 79.9. The first-order valence-electron chi connectivity index (χ1n) is 7.40. The summed E-state index contributed by atoms with van der Waals surface area (Å²) in [6.45, 7) is 5.95. The largest absolute Gasteiger partial charge is 0.444 e. The molecule has 0 saturated heterocycles. The molecule has 4 nitrogen and oxygen atoms in total. The van der Waals surface area contributed by atoms with Crippen LogP contribution in [0.4, 0.5) is 16.2 Å². The van der Waals surface area contributed by atoms with E-state index in [0.717, 1.165) is 21.4 Å². The van der Waals surface area contributed by atoms with Crippen molar-refractivity contribution >= 4 is 33.4 Å². The van der Waals surface area contributed by atoms with Gasteiger partial charge in [-0.2, -0.15) is 0 Å². The molecule has 122 valence electrons. The van der Waals surface area contributed by atoms with Crippen LogP contribution < -0.4 is 10.6 Å². The van der Waals surface area contributed by atoms with E-state index in [-0.39, 0.29) is 0 Å². The topological polar surface area (TPSA) is 50.4 Å². The Hall–Kier alpha value is -2.01. The molecule has 2 rings (SSSR count). The van der Waals surface area contributed by atoms with Gasteiger partial charge in [0.15, 0.2) is 0 Å². The molecule has 0 heterocycles. The van der Waals surface area contributed by atoms with Crippen LogP contribution in [0.3, 0.4) is 0 Å². The molecule has 0 aliphatic heterocycles. The molecule has 1 amide bonds. The van der Waals surface area contributed by atoms with Crippen molar-refractivity contribution in [1.82, 2.24) is 5.32 Å². The molecule has 5 heteroatoms. The number of hydrogen-bond acceptors (Lipinski definition) is 3. The second-order valence-electron chi connectivity index (χ2n) is 6.19. The van der Waals surface area contributed by atoms with Crippen LogP contribution in [0.15, 0.2) is 53.0 Å². The van der Waals surface area contributed by atoms with Crippen molar-refractivity contribution in [3.8, 4) is 0 Å². The molecule has 0 atom stereocenters. The predicted octanol–water partition coefficient (Wildman–Crippen LogP) is 5.22. The van der Waals surface area contributed by atoms with Gasteiger partial charge in [0, 0.05) is 22.4 Å². The average molecular weight is 377 g/mol. The molecule has 2 N–H and O–H groups in total. The molecule has 2 aromatic rings. The van der Waals surface area contributed by atoms with Gasteiger partial charge in [-0.1, -0.05) is 28.1 Å². The van der Waals surface area contributed by atoms with Crippen molar-refractivity contribution in [1.29, 1.82) is 0 Å². The van der Waals surface area contributed by atoms with Gasteiger partial charge in [0.1, 0.15) is 5.60 Å². The fraction of sp³-hybridized carbons (Fsp3) is 0.278. The van der Waals surface area contributed by atoms with Gasteiger partial charge in [-0.05, 0) is 62.7 Å². The van der Waals surface area contributed by atoms with E-state index in [0.29, 0.717) is 6.54 Å². The molecule has 0 spiro atoms. The number of rotatable bonds is 4. The highest BCUT2D eigenvalue weighted by Gasteiger charge is 2.15. The van der Waals surface area contributed by atoms with Crippen LogP contribution in [-0.4, -0.2) is 11.7 Å². The summed E-state index contributed by atoms with van der Waals surface area (Å²) in [6, 6.07) is 15.9. The van der Waals surface area contributed by atoms with Crippen LogP contribution in [-0.2, 0) is 11.3 Å². The number of carbonyl (C=O) groups excluding carboxylic acids is 1. The number of amides is 1. The van der Waals surface area contributed by atoms with Gasteiger partial charge in [-0.3, -0.25) is 0 Å². The lowest BCUT2D eigenvalue weighted by Crippen LogP contribution is -2.32. The van der Waals surface area contributed by atoms with Gasteiger partial charge in [-0.15, -0.1) is 0 Å². The highest BCUT2D eigenvalue weighted by Crippen LogP contribution is 2.20. The van der Waals surface area contributed by atoms with Crippen LogP contribution in [0.1, 0.15) is 26.3 Å². The molecule has 0 unspecified atom stereocenters. The number of anilines is 2. The lowest BCUT2D eigenvalue weighted by atomic mass is 10.2. The molecule has 0 aliphatic carbocycles. The van der Waals surface area contributed by atoms with Crippen molar-refractivity contribution in [3.63, 3.8) is 0 Å². The first-order chi connectivity index (χ1) is 10.8. The predicted molar refractivity (Wildman–Crippen MR) is 96.9 cm³/mol. The lowest BCUT2D eigenvalue weighted by Gasteiger charge is -2.19. The zero-order valence-electron chi connectivity index (χ0n) is 13.5. The van der Waals surface area contributed by atoms with Crippen molar-refractivity contribution in [2.24, 2.45) is 0 Å². The lowest BCUT2D eigenvalue weighted by molar-refractivity contribution is 0.0523. The van der Waals surface area contributed by atoms with E-state index in [2.05, 4.69) is 26.6 Å². The Morgan fingerprint density at radius 3 is 2.43 bits per heavy atom. The van der Waals surface area contributed by atoms with E-state index in [9.17, 15) is 4.79 Å². The van der Waals surface area contributed by atoms with Gasteiger partial charge in [0.05, 0.1) is 0 Å². The minimum atomic E-state index is -0.491. The number of hydrogen-bond donors (Lipinski definition) is 2. The summed E-state index contributed by atoms with van der Waals surface area (Å²) in [6.07, 6.45) is -0.413. The smallest absolute Gasteiger partial charge is 0.407 e. The summed E-state index contributed by atoms with van der Waals surface area (Å²) < 4.78 is 6.27. The van der Waals surface area contributed by atoms with Gasteiger partial charge in [0.2, 0.25) is 0 Å². The first-order valence-corrected chi connectivity index (χ1v) is 8.19. The third kappa shape index (κ3) is 6.32. The minimum absolute atomic E-state index is 0.413. The van der Waals surface area contributed by atoms with E-state index in [1.54, 1.807) is 0 Å². The number of ether oxygens (including phenoxy) is 1. The highest BCUT2D eigenvalue weighted by molar-refractivity contribution is 9.10. The number of halogens is 1. The minimum Gasteiger partial charge on any atom is -0.444 e. The molecular formula is C18H21BrN2O2. The van der Waals surface area contributed by atoms with Crippen LogP contribution in [0, 0.1) is 0 Å². The summed E-state index contributed by atoms with van der Waals surface area (Å²) >= 11 is 3.42. The Labute approximate surface area is 145 Å². The van der Waals surface area contributed by atoms with Crippen LogP contribution in [0.25, 0.3) is 0 Å². The maximum Gasteiger partial charge on any atom is 0.407 e. The van der Waals surface area contributed by atoms with Crippen molar-refractivity contribution < 1.29 is 9.53 Å². The molecule has 2 aromatic carbocycles. The van der Waals surface area contributed by atoms with Crippen LogP contribution >= 0.6 is 15.9 Å². The monoisotopic (exact) mass is 376 g/mol. The molecule has 0 saturated carbocycles. The van der Waals surface area contributed by atoms with E-state index >= 15 is 0 Å². The van der Waals surface area contributed by atoms with Gasteiger partial charge in [-0.25, -0.2) is 4.79 Å². The summed E-state index contributed by atoms with van der Waals surface area (Å²) in [5, 5.41) is 6.09. The van der Waals surface area contributed by atoms with Crippen molar-refractivity contribution in [2.75, 3.05) is 5.32 Å². The molecule has 23 heavy (non-hydrogen) atoms. The number of nitrogens with one attached hydrogen (secondary N) is 2. The third-order valence-corrected chi connectivity index (χ3v) is 3.42. The summed E-state index contributed by atoms with van der Waals surface area (Å²) in [4.78, 5) is 11.7. The van der Waals surface area contributed by atoms with Gasteiger partial charge >= 0.3 is 6.09 Å². The fourth-order valence-corrected chi connectivity index (χ4v) is 2.21. The Morgan fingerprint density at radius 2 is 1.78 bits per heavy atom. The van der Waals surface area contributed by atoms with Crippen molar-refractivity contribution in [2.45, 2.75) is 32.9 Å². The summed E-state index contributed by atoms with van der Waals surface area (Å²) in [5.74, 6) is 0. The fourth-order valence-electron chi connectivity index (χ4n) is 1.95. The Morgan fingerprint density at radius 1 is 1.09 bits per heavy atom. The molecule has 0 radical (unpaired) electrons. The molecular weight excluding hydrogens is 356 g/mol. The van der Waals surface area contributed by atoms with Crippen LogP contribution in [0.2, 0.25) is 0 Å². The number of carbonyl (C=O) groups is 1. The summed E-state index contributed by atoms with van der Waals surface area (Å²) in [7, 11) is 0. The molecule has 0 bridgehead atoms. The maximum atomic E-state index is 11.7. The quantitative estimate of drug-likeness (QED) is 0.768.